The number of likely N-dealkylation sites (tertiary alicyclic amines) is 1. The van der Waals surface area contributed by atoms with Gasteiger partial charge >= 0.3 is 0 Å². The SMILES string of the molecule is O=C(Nc1ccc(O)nc1)c1n[nH]c2ccc(-c3cncc(CN4CCC(O)CC4)c3)cc12. The van der Waals surface area contributed by atoms with Gasteiger partial charge in [0, 0.05) is 49.0 Å². The van der Waals surface area contributed by atoms with Crippen molar-refractivity contribution in [3.05, 3.63) is 66.2 Å². The number of anilines is 1. The van der Waals surface area contributed by atoms with Crippen LogP contribution in [0.2, 0.25) is 0 Å². The van der Waals surface area contributed by atoms with E-state index in [1.165, 1.54) is 12.3 Å². The van der Waals surface area contributed by atoms with Crippen LogP contribution in [0.1, 0.15) is 28.9 Å². The lowest BCUT2D eigenvalue weighted by Gasteiger charge is -2.29. The second-order valence-electron chi connectivity index (χ2n) is 8.28. The van der Waals surface area contributed by atoms with Crippen LogP contribution in [0.3, 0.4) is 0 Å². The molecular formula is C24H24N6O3. The van der Waals surface area contributed by atoms with Crippen molar-refractivity contribution in [3.8, 4) is 17.0 Å². The van der Waals surface area contributed by atoms with Crippen molar-refractivity contribution >= 4 is 22.5 Å². The van der Waals surface area contributed by atoms with Gasteiger partial charge in [-0.3, -0.25) is 19.8 Å². The number of H-pyrrole nitrogens is 1. The van der Waals surface area contributed by atoms with Gasteiger partial charge in [0.2, 0.25) is 5.88 Å². The molecule has 0 radical (unpaired) electrons. The summed E-state index contributed by atoms with van der Waals surface area (Å²) in [5, 5.41) is 29.6. The number of nitrogens with zero attached hydrogens (tertiary/aromatic N) is 4. The minimum absolute atomic E-state index is 0.114. The maximum absolute atomic E-state index is 12.8. The zero-order valence-electron chi connectivity index (χ0n) is 17.9. The van der Waals surface area contributed by atoms with Gasteiger partial charge in [-0.15, -0.1) is 0 Å². The largest absolute Gasteiger partial charge is 0.493 e. The van der Waals surface area contributed by atoms with Crippen molar-refractivity contribution in [1.82, 2.24) is 25.1 Å². The van der Waals surface area contributed by atoms with Crippen LogP contribution < -0.4 is 5.32 Å². The summed E-state index contributed by atoms with van der Waals surface area (Å²) in [7, 11) is 0. The third-order valence-corrected chi connectivity index (χ3v) is 5.88. The van der Waals surface area contributed by atoms with E-state index >= 15 is 0 Å². The lowest BCUT2D eigenvalue weighted by atomic mass is 10.0. The summed E-state index contributed by atoms with van der Waals surface area (Å²) >= 11 is 0. The zero-order valence-corrected chi connectivity index (χ0v) is 17.9. The molecule has 0 atom stereocenters. The van der Waals surface area contributed by atoms with Crippen LogP contribution in [0.25, 0.3) is 22.0 Å². The van der Waals surface area contributed by atoms with E-state index in [1.807, 2.05) is 30.6 Å². The molecular weight excluding hydrogens is 420 g/mol. The average Bonchev–Trinajstić information content (AvgIpc) is 3.26. The predicted molar refractivity (Wildman–Crippen MR) is 124 cm³/mol. The standard InChI is InChI=1S/C24H24N6O3/c31-19-5-7-30(8-6-19)14-15-9-17(12-25-11-15)16-1-3-21-20(10-16)23(29-28-21)24(33)27-18-2-4-22(32)26-13-18/h1-4,9-13,19,31H,5-8,14H2,(H,26,32)(H,27,33)(H,28,29). The molecule has 168 valence electrons. The number of hydrogen-bond acceptors (Lipinski definition) is 7. The van der Waals surface area contributed by atoms with E-state index in [0.717, 1.165) is 54.7 Å². The predicted octanol–water partition coefficient (Wildman–Crippen LogP) is 2.93. The number of rotatable bonds is 5. The highest BCUT2D eigenvalue weighted by Crippen LogP contribution is 2.27. The van der Waals surface area contributed by atoms with Crippen molar-refractivity contribution in [2.24, 2.45) is 0 Å². The Hall–Kier alpha value is -3.82. The Bertz CT molecular complexity index is 1280. The number of aliphatic hydroxyl groups excluding tert-OH is 1. The number of carbonyl (C=O) groups excluding carboxylic acids is 1. The molecule has 0 spiro atoms. The normalized spacial score (nSPS) is 15.1. The first-order chi connectivity index (χ1) is 16.0. The average molecular weight is 444 g/mol. The highest BCUT2D eigenvalue weighted by molar-refractivity contribution is 6.11. The van der Waals surface area contributed by atoms with Gasteiger partial charge in [-0.05, 0) is 48.2 Å². The second kappa shape index (κ2) is 8.97. The van der Waals surface area contributed by atoms with Crippen molar-refractivity contribution in [1.29, 1.82) is 0 Å². The van der Waals surface area contributed by atoms with Gasteiger partial charge in [-0.2, -0.15) is 5.10 Å². The topological polar surface area (TPSA) is 127 Å². The molecule has 4 aromatic rings. The van der Waals surface area contributed by atoms with Gasteiger partial charge in [-0.25, -0.2) is 4.98 Å². The molecule has 4 heterocycles. The monoisotopic (exact) mass is 444 g/mol. The first-order valence-electron chi connectivity index (χ1n) is 10.8. The fourth-order valence-electron chi connectivity index (χ4n) is 4.08. The molecule has 0 saturated carbocycles. The number of aliphatic hydroxyl groups is 1. The number of aromatic hydroxyl groups is 1. The third kappa shape index (κ3) is 4.69. The molecule has 9 nitrogen and oxygen atoms in total. The highest BCUT2D eigenvalue weighted by atomic mass is 16.3. The Morgan fingerprint density at radius 3 is 2.73 bits per heavy atom. The van der Waals surface area contributed by atoms with Crippen molar-refractivity contribution in [3.63, 3.8) is 0 Å². The van der Waals surface area contributed by atoms with Crippen molar-refractivity contribution in [2.75, 3.05) is 18.4 Å². The summed E-state index contributed by atoms with van der Waals surface area (Å²) < 4.78 is 0. The first kappa shape index (κ1) is 21.0. The number of aromatic nitrogens is 4. The summed E-state index contributed by atoms with van der Waals surface area (Å²) in [5.74, 6) is -0.485. The Morgan fingerprint density at radius 2 is 1.94 bits per heavy atom. The maximum Gasteiger partial charge on any atom is 0.276 e. The van der Waals surface area contributed by atoms with E-state index in [1.54, 1.807) is 6.07 Å². The van der Waals surface area contributed by atoms with E-state index in [4.69, 9.17) is 0 Å². The molecule has 1 aromatic carbocycles. The minimum Gasteiger partial charge on any atom is -0.493 e. The maximum atomic E-state index is 12.8. The number of amides is 1. The molecule has 3 aromatic heterocycles. The molecule has 4 N–H and O–H groups in total. The van der Waals surface area contributed by atoms with Crippen LogP contribution in [-0.2, 0) is 6.54 Å². The van der Waals surface area contributed by atoms with Crippen molar-refractivity contribution in [2.45, 2.75) is 25.5 Å². The molecule has 33 heavy (non-hydrogen) atoms. The van der Waals surface area contributed by atoms with Crippen molar-refractivity contribution < 1.29 is 15.0 Å². The number of pyridine rings is 2. The number of benzene rings is 1. The molecule has 0 aliphatic carbocycles. The number of carbonyl (C=O) groups is 1. The summed E-state index contributed by atoms with van der Waals surface area (Å²) in [6.07, 6.45) is 6.48. The van der Waals surface area contributed by atoms with Gasteiger partial charge in [-0.1, -0.05) is 6.07 Å². The molecule has 1 amide bonds. The zero-order chi connectivity index (χ0) is 22.8. The van der Waals surface area contributed by atoms with Gasteiger partial charge in [0.05, 0.1) is 23.5 Å². The van der Waals surface area contributed by atoms with E-state index in [-0.39, 0.29) is 23.6 Å². The van der Waals surface area contributed by atoms with Crippen LogP contribution >= 0.6 is 0 Å². The van der Waals surface area contributed by atoms with Crippen LogP contribution in [0.4, 0.5) is 5.69 Å². The Labute approximate surface area is 190 Å². The van der Waals surface area contributed by atoms with Crippen LogP contribution in [0.15, 0.2) is 55.0 Å². The van der Waals surface area contributed by atoms with Crippen LogP contribution in [0.5, 0.6) is 5.88 Å². The number of hydrogen-bond donors (Lipinski definition) is 4. The molecule has 1 aliphatic heterocycles. The molecule has 9 heteroatoms. The molecule has 5 rings (SSSR count). The number of nitrogens with one attached hydrogen (secondary N) is 2. The Morgan fingerprint density at radius 1 is 1.09 bits per heavy atom. The molecule has 0 unspecified atom stereocenters. The van der Waals surface area contributed by atoms with Crippen LogP contribution in [0, 0.1) is 0 Å². The third-order valence-electron chi connectivity index (χ3n) is 5.88. The molecule has 1 saturated heterocycles. The highest BCUT2D eigenvalue weighted by Gasteiger charge is 2.18. The molecule has 1 aliphatic rings. The first-order valence-corrected chi connectivity index (χ1v) is 10.8. The minimum atomic E-state index is -0.370. The Kier molecular flexibility index (Phi) is 5.72. The van der Waals surface area contributed by atoms with E-state index in [2.05, 4.69) is 36.4 Å². The van der Waals surface area contributed by atoms with Gasteiger partial charge in [0.15, 0.2) is 5.69 Å². The van der Waals surface area contributed by atoms with Gasteiger partial charge in [0.1, 0.15) is 0 Å². The lowest BCUT2D eigenvalue weighted by Crippen LogP contribution is -2.35. The van der Waals surface area contributed by atoms with Gasteiger partial charge < -0.3 is 15.5 Å². The summed E-state index contributed by atoms with van der Waals surface area (Å²) in [5.41, 5.74) is 4.50. The summed E-state index contributed by atoms with van der Waals surface area (Å²) in [4.78, 5) is 23.3. The van der Waals surface area contributed by atoms with E-state index in [9.17, 15) is 15.0 Å². The fraction of sp³-hybridized carbons (Fsp3) is 0.250. The second-order valence-corrected chi connectivity index (χ2v) is 8.28. The molecule has 1 fully saturated rings. The van der Waals surface area contributed by atoms with Gasteiger partial charge in [0.25, 0.3) is 5.91 Å². The molecule has 0 bridgehead atoms. The number of fused-ring (bicyclic) bond motifs is 1. The Balaban J connectivity index is 1.38. The van der Waals surface area contributed by atoms with E-state index < -0.39 is 0 Å². The van der Waals surface area contributed by atoms with E-state index in [0.29, 0.717) is 11.1 Å². The quantitative estimate of drug-likeness (QED) is 0.373. The summed E-state index contributed by atoms with van der Waals surface area (Å²) in [6.45, 7) is 2.54. The lowest BCUT2D eigenvalue weighted by molar-refractivity contribution is 0.0792. The van der Waals surface area contributed by atoms with Crippen LogP contribution in [-0.4, -0.2) is 60.4 Å². The number of aromatic amines is 1. The fourth-order valence-corrected chi connectivity index (χ4v) is 4.08. The number of piperidine rings is 1. The smallest absolute Gasteiger partial charge is 0.276 e. The summed E-state index contributed by atoms with van der Waals surface area (Å²) in [6, 6.07) is 10.9.